The Kier molecular flexibility index (Phi) is 3.15. The summed E-state index contributed by atoms with van der Waals surface area (Å²) < 4.78 is 2.02. The number of hydrogen-bond donors (Lipinski definition) is 1. The van der Waals surface area contributed by atoms with Crippen LogP contribution in [0.25, 0.3) is 21.4 Å². The van der Waals surface area contributed by atoms with E-state index in [9.17, 15) is 0 Å². The summed E-state index contributed by atoms with van der Waals surface area (Å²) in [6, 6.07) is 0. The number of aryl methyl sites for hydroxylation is 1. The molecule has 1 N–H and O–H groups in total. The lowest BCUT2D eigenvalue weighted by Crippen LogP contribution is -2.32. The predicted molar refractivity (Wildman–Crippen MR) is 90.8 cm³/mol. The van der Waals surface area contributed by atoms with Gasteiger partial charge in [0, 0.05) is 38.7 Å². The number of thioether (sulfide) groups is 1. The Morgan fingerprint density at radius 2 is 2.00 bits per heavy atom. The Morgan fingerprint density at radius 3 is 2.76 bits per heavy atom. The zero-order chi connectivity index (χ0) is 14.4. The van der Waals surface area contributed by atoms with Crippen molar-refractivity contribution in [1.29, 1.82) is 0 Å². The van der Waals surface area contributed by atoms with E-state index in [0.717, 1.165) is 45.4 Å². The van der Waals surface area contributed by atoms with E-state index in [2.05, 4.69) is 20.2 Å². The van der Waals surface area contributed by atoms with Crippen molar-refractivity contribution in [3.05, 3.63) is 6.33 Å². The number of anilines is 2. The molecule has 8 heteroatoms. The van der Waals surface area contributed by atoms with Gasteiger partial charge in [-0.1, -0.05) is 11.3 Å². The minimum absolute atomic E-state index is 0.822. The second-order valence-corrected chi connectivity index (χ2v) is 7.19. The predicted octanol–water partition coefficient (Wildman–Crippen LogP) is 2.17. The molecule has 0 amide bonds. The fraction of sp³-hybridized carbons (Fsp3) is 0.462. The third-order valence-corrected chi connectivity index (χ3v) is 5.67. The van der Waals surface area contributed by atoms with Crippen molar-refractivity contribution in [3.8, 4) is 0 Å². The Hall–Kier alpha value is -1.54. The molecule has 0 aromatic carbocycles. The van der Waals surface area contributed by atoms with Gasteiger partial charge in [-0.3, -0.25) is 0 Å². The number of fused-ring (bicyclic) bond motifs is 3. The highest BCUT2D eigenvalue weighted by Gasteiger charge is 2.20. The largest absolute Gasteiger partial charge is 0.371 e. The second-order valence-electron chi connectivity index (χ2n) is 5.01. The third kappa shape index (κ3) is 2.04. The monoisotopic (exact) mass is 320 g/mol. The first-order valence-corrected chi connectivity index (χ1v) is 8.87. The quantitative estimate of drug-likeness (QED) is 0.781. The molecule has 0 radical (unpaired) electrons. The van der Waals surface area contributed by atoms with Crippen LogP contribution in [0.3, 0.4) is 0 Å². The molecule has 1 aliphatic rings. The number of pyridine rings is 1. The number of thiazole rings is 1. The molecule has 1 aliphatic heterocycles. The number of aromatic nitrogens is 4. The summed E-state index contributed by atoms with van der Waals surface area (Å²) >= 11 is 3.68. The van der Waals surface area contributed by atoms with Gasteiger partial charge >= 0.3 is 0 Å². The number of rotatable bonds is 2. The number of imidazole rings is 1. The average molecular weight is 320 g/mol. The summed E-state index contributed by atoms with van der Waals surface area (Å²) in [7, 11) is 3.89. The number of nitrogens with one attached hydrogen (secondary N) is 1. The van der Waals surface area contributed by atoms with Crippen LogP contribution in [0.1, 0.15) is 0 Å². The maximum Gasteiger partial charge on any atom is 0.188 e. The van der Waals surface area contributed by atoms with E-state index < -0.39 is 0 Å². The van der Waals surface area contributed by atoms with Crippen molar-refractivity contribution in [2.45, 2.75) is 0 Å². The lowest BCUT2D eigenvalue weighted by atomic mass is 10.3. The standard InChI is InChI=1S/C13H16N6S2/c1-14-11-8-10(18(2)7-15-8)9-12(17-11)21-13(16-9)19-3-5-20-6-4-19/h7H,3-6H2,1-2H3,(H,14,17). The molecule has 1 fully saturated rings. The van der Waals surface area contributed by atoms with Crippen LogP contribution in [-0.4, -0.2) is 51.2 Å². The first-order chi connectivity index (χ1) is 10.3. The van der Waals surface area contributed by atoms with E-state index >= 15 is 0 Å². The van der Waals surface area contributed by atoms with Crippen molar-refractivity contribution in [1.82, 2.24) is 19.5 Å². The van der Waals surface area contributed by atoms with E-state index in [4.69, 9.17) is 4.98 Å². The topological polar surface area (TPSA) is 58.9 Å². The van der Waals surface area contributed by atoms with Crippen molar-refractivity contribution in [2.75, 3.05) is 41.9 Å². The summed E-state index contributed by atoms with van der Waals surface area (Å²) in [6.07, 6.45) is 1.82. The summed E-state index contributed by atoms with van der Waals surface area (Å²) in [5.74, 6) is 3.17. The molecule has 1 saturated heterocycles. The minimum atomic E-state index is 0.822. The lowest BCUT2D eigenvalue weighted by Gasteiger charge is -2.25. The number of hydrogen-bond acceptors (Lipinski definition) is 7. The molecule has 4 rings (SSSR count). The lowest BCUT2D eigenvalue weighted by molar-refractivity contribution is 0.854. The smallest absolute Gasteiger partial charge is 0.188 e. The molecule has 6 nitrogen and oxygen atoms in total. The minimum Gasteiger partial charge on any atom is -0.371 e. The van der Waals surface area contributed by atoms with Gasteiger partial charge in [-0.2, -0.15) is 11.8 Å². The molecule has 21 heavy (non-hydrogen) atoms. The molecule has 0 saturated carbocycles. The van der Waals surface area contributed by atoms with Crippen LogP contribution in [0, 0.1) is 0 Å². The highest BCUT2D eigenvalue weighted by atomic mass is 32.2. The van der Waals surface area contributed by atoms with Gasteiger partial charge in [-0.25, -0.2) is 15.0 Å². The fourth-order valence-electron chi connectivity index (χ4n) is 2.63. The van der Waals surface area contributed by atoms with Gasteiger partial charge < -0.3 is 14.8 Å². The summed E-state index contributed by atoms with van der Waals surface area (Å²) in [5.41, 5.74) is 2.90. The van der Waals surface area contributed by atoms with Crippen molar-refractivity contribution < 1.29 is 0 Å². The zero-order valence-electron chi connectivity index (χ0n) is 12.0. The highest BCUT2D eigenvalue weighted by Crippen LogP contribution is 2.35. The van der Waals surface area contributed by atoms with E-state index in [1.807, 2.05) is 36.8 Å². The van der Waals surface area contributed by atoms with Crippen LogP contribution in [0.4, 0.5) is 10.9 Å². The maximum atomic E-state index is 4.86. The van der Waals surface area contributed by atoms with E-state index in [0.29, 0.717) is 0 Å². The fourth-order valence-corrected chi connectivity index (χ4v) is 4.53. The summed E-state index contributed by atoms with van der Waals surface area (Å²) in [5, 5.41) is 4.22. The Labute approximate surface area is 130 Å². The molecule has 0 bridgehead atoms. The van der Waals surface area contributed by atoms with Crippen LogP contribution in [0.15, 0.2) is 6.33 Å². The Morgan fingerprint density at radius 1 is 1.19 bits per heavy atom. The van der Waals surface area contributed by atoms with Crippen LogP contribution in [0.2, 0.25) is 0 Å². The number of nitrogens with zero attached hydrogens (tertiary/aromatic N) is 5. The summed E-state index contributed by atoms with van der Waals surface area (Å²) in [6.45, 7) is 2.13. The van der Waals surface area contributed by atoms with Gasteiger partial charge in [0.2, 0.25) is 0 Å². The van der Waals surface area contributed by atoms with Gasteiger partial charge in [0.05, 0.1) is 6.33 Å². The SMILES string of the molecule is CNc1nc2sc(N3CCSCC3)nc2c2c1ncn2C. The van der Waals surface area contributed by atoms with Gasteiger partial charge in [0.1, 0.15) is 21.4 Å². The van der Waals surface area contributed by atoms with E-state index in [1.165, 1.54) is 11.5 Å². The van der Waals surface area contributed by atoms with Crippen LogP contribution < -0.4 is 10.2 Å². The van der Waals surface area contributed by atoms with Crippen molar-refractivity contribution >= 4 is 55.4 Å². The molecule has 4 heterocycles. The van der Waals surface area contributed by atoms with Crippen molar-refractivity contribution in [2.24, 2.45) is 7.05 Å². The normalized spacial score (nSPS) is 16.0. The molecule has 3 aromatic heterocycles. The zero-order valence-corrected chi connectivity index (χ0v) is 13.6. The molecule has 0 spiro atoms. The first kappa shape index (κ1) is 13.1. The molecular formula is C13H16N6S2. The third-order valence-electron chi connectivity index (χ3n) is 3.72. The Balaban J connectivity index is 1.93. The van der Waals surface area contributed by atoms with Gasteiger partial charge in [0.25, 0.3) is 0 Å². The molecule has 0 atom stereocenters. The van der Waals surface area contributed by atoms with Crippen molar-refractivity contribution in [3.63, 3.8) is 0 Å². The van der Waals surface area contributed by atoms with E-state index in [-0.39, 0.29) is 0 Å². The van der Waals surface area contributed by atoms with E-state index in [1.54, 1.807) is 11.3 Å². The second kappa shape index (κ2) is 5.03. The van der Waals surface area contributed by atoms with Crippen LogP contribution in [-0.2, 0) is 7.05 Å². The Bertz CT molecular complexity index is 802. The molecule has 3 aromatic rings. The van der Waals surface area contributed by atoms with Gasteiger partial charge in [-0.15, -0.1) is 0 Å². The molecule has 110 valence electrons. The highest BCUT2D eigenvalue weighted by molar-refractivity contribution is 7.99. The van der Waals surface area contributed by atoms with Gasteiger partial charge in [-0.05, 0) is 0 Å². The van der Waals surface area contributed by atoms with Gasteiger partial charge in [0.15, 0.2) is 10.9 Å². The average Bonchev–Trinajstić information content (AvgIpc) is 3.11. The first-order valence-electron chi connectivity index (χ1n) is 6.90. The molecular weight excluding hydrogens is 304 g/mol. The maximum absolute atomic E-state index is 4.86. The van der Waals surface area contributed by atoms with Crippen LogP contribution >= 0.6 is 23.1 Å². The van der Waals surface area contributed by atoms with Crippen LogP contribution in [0.5, 0.6) is 0 Å². The summed E-state index contributed by atoms with van der Waals surface area (Å²) in [4.78, 5) is 17.3. The molecule has 0 aliphatic carbocycles. The molecule has 0 unspecified atom stereocenters.